The van der Waals surface area contributed by atoms with Crippen molar-refractivity contribution in [3.8, 4) is 11.5 Å². The van der Waals surface area contributed by atoms with Gasteiger partial charge in [-0.05, 0) is 42.8 Å². The zero-order valence-corrected chi connectivity index (χ0v) is 12.7. The van der Waals surface area contributed by atoms with Gasteiger partial charge in [0.1, 0.15) is 23.7 Å². The monoisotopic (exact) mass is 324 g/mol. The Kier molecular flexibility index (Phi) is 4.42. The van der Waals surface area contributed by atoms with E-state index in [1.807, 2.05) is 6.92 Å². The number of carbonyl (C=O) groups excluding carboxylic acids is 1. The quantitative estimate of drug-likeness (QED) is 0.796. The van der Waals surface area contributed by atoms with Gasteiger partial charge in [-0.25, -0.2) is 19.3 Å². The van der Waals surface area contributed by atoms with Crippen LogP contribution in [-0.4, -0.2) is 20.9 Å². The van der Waals surface area contributed by atoms with Crippen molar-refractivity contribution in [2.75, 3.05) is 5.32 Å². The van der Waals surface area contributed by atoms with Crippen LogP contribution >= 0.6 is 0 Å². The smallest absolute Gasteiger partial charge is 0.256 e. The second-order valence-electron chi connectivity index (χ2n) is 5.03. The molecule has 0 unspecified atom stereocenters. The molecular weight excluding hydrogens is 311 g/mol. The molecule has 0 saturated heterocycles. The summed E-state index contributed by atoms with van der Waals surface area (Å²) in [4.78, 5) is 23.9. The van der Waals surface area contributed by atoms with Crippen LogP contribution in [0.2, 0.25) is 0 Å². The standard InChI is InChI=1S/C17H13FN4O2/c1-11-4-12(17(23)22-16-3-2-13(18)7-21-16)6-14(5-11)24-15-8-19-10-20-9-15/h2-10H,1H3,(H,21,22,23). The fraction of sp³-hybridized carbons (Fsp3) is 0.0588. The number of aryl methyl sites for hydroxylation is 1. The van der Waals surface area contributed by atoms with Crippen LogP contribution in [0.5, 0.6) is 11.5 Å². The van der Waals surface area contributed by atoms with Crippen molar-refractivity contribution in [2.24, 2.45) is 0 Å². The Labute approximate surface area is 137 Å². The molecule has 2 heterocycles. The Bertz CT molecular complexity index is 854. The van der Waals surface area contributed by atoms with E-state index in [1.165, 1.54) is 30.9 Å². The highest BCUT2D eigenvalue weighted by atomic mass is 19.1. The van der Waals surface area contributed by atoms with E-state index in [2.05, 4.69) is 20.3 Å². The van der Waals surface area contributed by atoms with Gasteiger partial charge in [-0.3, -0.25) is 4.79 Å². The number of nitrogens with one attached hydrogen (secondary N) is 1. The third kappa shape index (κ3) is 3.89. The molecular formula is C17H13FN4O2. The molecule has 0 spiro atoms. The molecule has 0 aliphatic heterocycles. The maximum Gasteiger partial charge on any atom is 0.256 e. The van der Waals surface area contributed by atoms with E-state index in [-0.39, 0.29) is 11.7 Å². The van der Waals surface area contributed by atoms with Gasteiger partial charge in [0.15, 0.2) is 5.75 Å². The summed E-state index contributed by atoms with van der Waals surface area (Å²) >= 11 is 0. The van der Waals surface area contributed by atoms with Crippen LogP contribution in [0, 0.1) is 12.7 Å². The first-order valence-corrected chi connectivity index (χ1v) is 7.07. The molecule has 24 heavy (non-hydrogen) atoms. The molecule has 0 fully saturated rings. The van der Waals surface area contributed by atoms with Gasteiger partial charge >= 0.3 is 0 Å². The van der Waals surface area contributed by atoms with Crippen molar-refractivity contribution in [1.29, 1.82) is 0 Å². The Morgan fingerprint density at radius 1 is 1.08 bits per heavy atom. The summed E-state index contributed by atoms with van der Waals surface area (Å²) < 4.78 is 18.5. The zero-order valence-electron chi connectivity index (χ0n) is 12.7. The predicted molar refractivity (Wildman–Crippen MR) is 85.4 cm³/mol. The molecule has 0 atom stereocenters. The number of hydrogen-bond acceptors (Lipinski definition) is 5. The second-order valence-corrected chi connectivity index (χ2v) is 5.03. The molecule has 120 valence electrons. The van der Waals surface area contributed by atoms with E-state index in [4.69, 9.17) is 4.74 Å². The Morgan fingerprint density at radius 3 is 2.58 bits per heavy atom. The van der Waals surface area contributed by atoms with Crippen LogP contribution in [-0.2, 0) is 0 Å². The maximum absolute atomic E-state index is 12.9. The van der Waals surface area contributed by atoms with Crippen molar-refractivity contribution < 1.29 is 13.9 Å². The van der Waals surface area contributed by atoms with Crippen molar-refractivity contribution in [3.63, 3.8) is 0 Å². The highest BCUT2D eigenvalue weighted by Crippen LogP contribution is 2.23. The molecule has 2 aromatic heterocycles. The van der Waals surface area contributed by atoms with Gasteiger partial charge < -0.3 is 10.1 Å². The largest absolute Gasteiger partial charge is 0.454 e. The summed E-state index contributed by atoms with van der Waals surface area (Å²) in [5.41, 5.74) is 1.24. The first kappa shape index (κ1) is 15.5. The number of rotatable bonds is 4. The van der Waals surface area contributed by atoms with E-state index in [1.54, 1.807) is 18.2 Å². The number of nitrogens with zero attached hydrogens (tertiary/aromatic N) is 3. The lowest BCUT2D eigenvalue weighted by Crippen LogP contribution is -2.13. The molecule has 1 N–H and O–H groups in total. The average Bonchev–Trinajstić information content (AvgIpc) is 2.57. The molecule has 0 bridgehead atoms. The number of pyridine rings is 1. The third-order valence-corrected chi connectivity index (χ3v) is 3.05. The molecule has 0 aliphatic rings. The number of aromatic nitrogens is 3. The number of carbonyl (C=O) groups is 1. The minimum Gasteiger partial charge on any atom is -0.454 e. The average molecular weight is 324 g/mol. The zero-order chi connectivity index (χ0) is 16.9. The Balaban J connectivity index is 1.80. The van der Waals surface area contributed by atoms with E-state index < -0.39 is 5.82 Å². The summed E-state index contributed by atoms with van der Waals surface area (Å²) in [7, 11) is 0. The van der Waals surface area contributed by atoms with Crippen LogP contribution in [0.3, 0.4) is 0 Å². The Hall–Kier alpha value is -3.35. The van der Waals surface area contributed by atoms with Gasteiger partial charge in [-0.15, -0.1) is 0 Å². The van der Waals surface area contributed by atoms with Gasteiger partial charge in [0.2, 0.25) is 0 Å². The Morgan fingerprint density at radius 2 is 1.88 bits per heavy atom. The molecule has 0 aliphatic carbocycles. The first-order chi connectivity index (χ1) is 11.6. The van der Waals surface area contributed by atoms with Gasteiger partial charge in [0.25, 0.3) is 5.91 Å². The lowest BCUT2D eigenvalue weighted by Gasteiger charge is -2.09. The maximum atomic E-state index is 12.9. The number of ether oxygens (including phenoxy) is 1. The van der Waals surface area contributed by atoms with Gasteiger partial charge in [0.05, 0.1) is 18.6 Å². The number of halogens is 1. The number of anilines is 1. The van der Waals surface area contributed by atoms with Crippen molar-refractivity contribution >= 4 is 11.7 Å². The summed E-state index contributed by atoms with van der Waals surface area (Å²) in [5.74, 6) is 0.384. The normalized spacial score (nSPS) is 10.2. The van der Waals surface area contributed by atoms with Crippen LogP contribution in [0.25, 0.3) is 0 Å². The van der Waals surface area contributed by atoms with E-state index in [0.717, 1.165) is 11.8 Å². The fourth-order valence-electron chi connectivity index (χ4n) is 2.05. The van der Waals surface area contributed by atoms with Crippen molar-refractivity contribution in [3.05, 3.63) is 72.2 Å². The molecule has 0 radical (unpaired) electrons. The van der Waals surface area contributed by atoms with E-state index >= 15 is 0 Å². The molecule has 3 rings (SSSR count). The number of hydrogen-bond donors (Lipinski definition) is 1. The molecule has 1 amide bonds. The SMILES string of the molecule is Cc1cc(Oc2cncnc2)cc(C(=O)Nc2ccc(F)cn2)c1. The van der Waals surface area contributed by atoms with Gasteiger partial charge in [-0.1, -0.05) is 0 Å². The third-order valence-electron chi connectivity index (χ3n) is 3.05. The first-order valence-electron chi connectivity index (χ1n) is 7.07. The molecule has 1 aromatic carbocycles. The molecule has 0 saturated carbocycles. The predicted octanol–water partition coefficient (Wildman–Crippen LogP) is 3.36. The summed E-state index contributed by atoms with van der Waals surface area (Å²) in [5, 5.41) is 2.61. The molecule has 3 aromatic rings. The highest BCUT2D eigenvalue weighted by molar-refractivity contribution is 6.04. The summed E-state index contributed by atoms with van der Waals surface area (Å²) in [6.45, 7) is 1.85. The van der Waals surface area contributed by atoms with Crippen molar-refractivity contribution in [1.82, 2.24) is 15.0 Å². The lowest BCUT2D eigenvalue weighted by molar-refractivity contribution is 0.102. The van der Waals surface area contributed by atoms with Crippen LogP contribution in [0.4, 0.5) is 10.2 Å². The van der Waals surface area contributed by atoms with Gasteiger partial charge in [0, 0.05) is 5.56 Å². The minimum absolute atomic E-state index is 0.266. The number of amides is 1. The van der Waals surface area contributed by atoms with Crippen molar-refractivity contribution in [2.45, 2.75) is 6.92 Å². The van der Waals surface area contributed by atoms with Crippen LogP contribution < -0.4 is 10.1 Å². The highest BCUT2D eigenvalue weighted by Gasteiger charge is 2.10. The summed E-state index contributed by atoms with van der Waals surface area (Å²) in [6.07, 6.45) is 5.49. The molecule has 7 heteroatoms. The fourth-order valence-corrected chi connectivity index (χ4v) is 2.05. The van der Waals surface area contributed by atoms with Gasteiger partial charge in [-0.2, -0.15) is 0 Å². The topological polar surface area (TPSA) is 77.0 Å². The van der Waals surface area contributed by atoms with E-state index in [9.17, 15) is 9.18 Å². The lowest BCUT2D eigenvalue weighted by atomic mass is 10.1. The molecule has 6 nitrogen and oxygen atoms in total. The van der Waals surface area contributed by atoms with Crippen LogP contribution in [0.1, 0.15) is 15.9 Å². The second kappa shape index (κ2) is 6.82. The van der Waals surface area contributed by atoms with Crippen LogP contribution in [0.15, 0.2) is 55.2 Å². The number of benzene rings is 1. The summed E-state index contributed by atoms with van der Waals surface area (Å²) in [6, 6.07) is 7.72. The van der Waals surface area contributed by atoms with E-state index in [0.29, 0.717) is 17.1 Å². The minimum atomic E-state index is -0.468.